The van der Waals surface area contributed by atoms with Gasteiger partial charge >= 0.3 is 0 Å². The summed E-state index contributed by atoms with van der Waals surface area (Å²) in [4.78, 5) is 0. The Bertz CT molecular complexity index is 145. The molecule has 0 spiro atoms. The van der Waals surface area contributed by atoms with Crippen LogP contribution in [0.3, 0.4) is 0 Å². The van der Waals surface area contributed by atoms with Gasteiger partial charge in [-0.25, -0.2) is 0 Å². The van der Waals surface area contributed by atoms with E-state index in [0.717, 1.165) is 19.7 Å². The molecule has 1 N–H and O–H groups in total. The molecule has 0 aromatic heterocycles. The average molecular weight is 183 g/mol. The number of allylic oxidation sites excluding steroid dienone is 1. The van der Waals surface area contributed by atoms with E-state index in [1.54, 1.807) is 0 Å². The normalized spacial score (nSPS) is 22.1. The molecule has 0 saturated heterocycles. The molecule has 1 rings (SSSR count). The fourth-order valence-corrected chi connectivity index (χ4v) is 1.50. The zero-order valence-corrected chi connectivity index (χ0v) is 8.59. The molecule has 0 radical (unpaired) electrons. The molecule has 13 heavy (non-hydrogen) atoms. The van der Waals surface area contributed by atoms with E-state index in [9.17, 15) is 0 Å². The highest BCUT2D eigenvalue weighted by molar-refractivity contribution is 4.94. The van der Waals surface area contributed by atoms with Crippen molar-refractivity contribution in [2.45, 2.75) is 38.7 Å². The number of rotatable bonds is 6. The van der Waals surface area contributed by atoms with Crippen molar-refractivity contribution in [3.63, 3.8) is 0 Å². The van der Waals surface area contributed by atoms with Gasteiger partial charge in [0.15, 0.2) is 0 Å². The monoisotopic (exact) mass is 183 g/mol. The third-order valence-electron chi connectivity index (χ3n) is 2.25. The van der Waals surface area contributed by atoms with E-state index in [0.29, 0.717) is 6.10 Å². The van der Waals surface area contributed by atoms with Gasteiger partial charge in [0.2, 0.25) is 0 Å². The Hall–Kier alpha value is -0.340. The first kappa shape index (κ1) is 10.7. The Labute approximate surface area is 81.4 Å². The molecule has 1 aliphatic rings. The van der Waals surface area contributed by atoms with Crippen LogP contribution in [0.25, 0.3) is 0 Å². The van der Waals surface area contributed by atoms with Crippen LogP contribution >= 0.6 is 0 Å². The van der Waals surface area contributed by atoms with Crippen LogP contribution < -0.4 is 5.32 Å². The molecule has 76 valence electrons. The fourth-order valence-electron chi connectivity index (χ4n) is 1.50. The Kier molecular flexibility index (Phi) is 5.87. The van der Waals surface area contributed by atoms with Crippen molar-refractivity contribution in [1.29, 1.82) is 0 Å². The van der Waals surface area contributed by atoms with Crippen molar-refractivity contribution >= 4 is 0 Å². The largest absolute Gasteiger partial charge is 0.373 e. The number of hydrogen-bond acceptors (Lipinski definition) is 2. The predicted octanol–water partition coefficient (Wildman–Crippen LogP) is 2.11. The van der Waals surface area contributed by atoms with Crippen molar-refractivity contribution in [3.05, 3.63) is 12.2 Å². The first-order valence-electron chi connectivity index (χ1n) is 5.42. The van der Waals surface area contributed by atoms with E-state index in [-0.39, 0.29) is 0 Å². The molecule has 0 fully saturated rings. The summed E-state index contributed by atoms with van der Waals surface area (Å²) in [6.07, 6.45) is 9.72. The molecular formula is C11H21NO. The van der Waals surface area contributed by atoms with E-state index in [1.807, 2.05) is 0 Å². The van der Waals surface area contributed by atoms with Crippen LogP contribution in [0.4, 0.5) is 0 Å². The molecule has 1 atom stereocenters. The van der Waals surface area contributed by atoms with Gasteiger partial charge in [-0.05, 0) is 32.2 Å². The topological polar surface area (TPSA) is 21.3 Å². The summed E-state index contributed by atoms with van der Waals surface area (Å²) in [5.41, 5.74) is 0. The lowest BCUT2D eigenvalue weighted by atomic mass is 10.1. The van der Waals surface area contributed by atoms with E-state index < -0.39 is 0 Å². The second-order valence-electron chi connectivity index (χ2n) is 3.52. The summed E-state index contributed by atoms with van der Waals surface area (Å²) in [6, 6.07) is 0. The van der Waals surface area contributed by atoms with Crippen LogP contribution in [0.15, 0.2) is 12.2 Å². The third kappa shape index (κ3) is 5.06. The molecule has 0 saturated carbocycles. The lowest BCUT2D eigenvalue weighted by molar-refractivity contribution is 0.0773. The van der Waals surface area contributed by atoms with E-state index >= 15 is 0 Å². The number of nitrogens with one attached hydrogen (secondary N) is 1. The molecule has 0 bridgehead atoms. The van der Waals surface area contributed by atoms with Crippen molar-refractivity contribution in [3.8, 4) is 0 Å². The molecule has 1 unspecified atom stereocenters. The quantitative estimate of drug-likeness (QED) is 0.503. The first-order valence-corrected chi connectivity index (χ1v) is 5.42. The Balaban J connectivity index is 1.92. The van der Waals surface area contributed by atoms with Gasteiger partial charge in [-0.1, -0.05) is 19.1 Å². The minimum atomic E-state index is 0.386. The highest BCUT2D eigenvalue weighted by atomic mass is 16.5. The maximum atomic E-state index is 5.68. The van der Waals surface area contributed by atoms with Gasteiger partial charge in [-0.2, -0.15) is 0 Å². The molecule has 2 heteroatoms. The maximum Gasteiger partial charge on any atom is 0.0756 e. The van der Waals surface area contributed by atoms with Crippen molar-refractivity contribution < 1.29 is 4.74 Å². The lowest BCUT2D eigenvalue weighted by Gasteiger charge is -2.17. The molecule has 0 aromatic carbocycles. The Morgan fingerprint density at radius 2 is 2.38 bits per heavy atom. The highest BCUT2D eigenvalue weighted by Crippen LogP contribution is 2.12. The van der Waals surface area contributed by atoms with Crippen molar-refractivity contribution in [2.24, 2.45) is 0 Å². The lowest BCUT2D eigenvalue weighted by Crippen LogP contribution is -2.23. The van der Waals surface area contributed by atoms with Gasteiger partial charge in [0.1, 0.15) is 0 Å². The summed E-state index contributed by atoms with van der Waals surface area (Å²) in [5, 5.41) is 3.33. The van der Waals surface area contributed by atoms with Gasteiger partial charge in [-0.3, -0.25) is 0 Å². The number of hydrogen-bond donors (Lipinski definition) is 1. The summed E-state index contributed by atoms with van der Waals surface area (Å²) < 4.78 is 5.68. The average Bonchev–Trinajstić information content (AvgIpc) is 2.19. The fraction of sp³-hybridized carbons (Fsp3) is 0.818. The van der Waals surface area contributed by atoms with E-state index in [2.05, 4.69) is 24.4 Å². The Morgan fingerprint density at radius 1 is 1.46 bits per heavy atom. The zero-order valence-electron chi connectivity index (χ0n) is 8.59. The molecule has 0 heterocycles. The van der Waals surface area contributed by atoms with Crippen LogP contribution in [0, 0.1) is 0 Å². The van der Waals surface area contributed by atoms with Crippen LogP contribution in [0.2, 0.25) is 0 Å². The van der Waals surface area contributed by atoms with Crippen LogP contribution in [-0.4, -0.2) is 25.8 Å². The summed E-state index contributed by atoms with van der Waals surface area (Å²) in [7, 11) is 0. The second kappa shape index (κ2) is 7.10. The third-order valence-corrected chi connectivity index (χ3v) is 2.25. The standard InChI is InChI=1S/C11H21NO/c1-2-8-12-9-10-13-11-6-4-3-5-7-11/h4,6,11-12H,2-3,5,7-10H2,1H3. The molecule has 0 aliphatic heterocycles. The molecule has 0 aromatic rings. The first-order chi connectivity index (χ1) is 6.43. The minimum absolute atomic E-state index is 0.386. The van der Waals surface area contributed by atoms with Gasteiger partial charge in [-0.15, -0.1) is 0 Å². The second-order valence-corrected chi connectivity index (χ2v) is 3.52. The smallest absolute Gasteiger partial charge is 0.0756 e. The van der Waals surface area contributed by atoms with Gasteiger partial charge < -0.3 is 10.1 Å². The van der Waals surface area contributed by atoms with E-state index in [1.165, 1.54) is 25.7 Å². The molecule has 2 nitrogen and oxygen atoms in total. The van der Waals surface area contributed by atoms with Crippen LogP contribution in [0.1, 0.15) is 32.6 Å². The SMILES string of the molecule is CCCNCCOC1C=CCCC1. The molecule has 0 amide bonds. The zero-order chi connectivity index (χ0) is 9.36. The summed E-state index contributed by atoms with van der Waals surface area (Å²) >= 11 is 0. The molecule has 1 aliphatic carbocycles. The van der Waals surface area contributed by atoms with Gasteiger partial charge in [0.25, 0.3) is 0 Å². The highest BCUT2D eigenvalue weighted by Gasteiger charge is 2.07. The van der Waals surface area contributed by atoms with Crippen LogP contribution in [-0.2, 0) is 4.74 Å². The number of ether oxygens (including phenoxy) is 1. The molecular weight excluding hydrogens is 162 g/mol. The van der Waals surface area contributed by atoms with Crippen LogP contribution in [0.5, 0.6) is 0 Å². The van der Waals surface area contributed by atoms with E-state index in [4.69, 9.17) is 4.74 Å². The minimum Gasteiger partial charge on any atom is -0.373 e. The predicted molar refractivity (Wildman–Crippen MR) is 55.9 cm³/mol. The van der Waals surface area contributed by atoms with Crippen molar-refractivity contribution in [2.75, 3.05) is 19.7 Å². The Morgan fingerprint density at radius 3 is 3.08 bits per heavy atom. The summed E-state index contributed by atoms with van der Waals surface area (Å²) in [5.74, 6) is 0. The van der Waals surface area contributed by atoms with Gasteiger partial charge in [0, 0.05) is 6.54 Å². The summed E-state index contributed by atoms with van der Waals surface area (Å²) in [6.45, 7) is 5.11. The van der Waals surface area contributed by atoms with Gasteiger partial charge in [0.05, 0.1) is 12.7 Å². The maximum absolute atomic E-state index is 5.68. The van der Waals surface area contributed by atoms with Crippen molar-refractivity contribution in [1.82, 2.24) is 5.32 Å².